The van der Waals surface area contributed by atoms with Crippen LogP contribution >= 0.6 is 0 Å². The molecule has 0 radical (unpaired) electrons. The molecule has 6 aliphatic carbocycles. The Hall–Kier alpha value is -6.68. The second-order valence-corrected chi connectivity index (χ2v) is 19.8. The van der Waals surface area contributed by atoms with Crippen LogP contribution in [0.4, 0.5) is 0 Å². The molecule has 68 heavy (non-hydrogen) atoms. The number of hydrogen-bond acceptors (Lipinski definition) is 23. The lowest BCUT2D eigenvalue weighted by molar-refractivity contribution is -0.157. The van der Waals surface area contributed by atoms with Gasteiger partial charge in [0.25, 0.3) is 0 Å². The third kappa shape index (κ3) is 7.21. The van der Waals surface area contributed by atoms with Gasteiger partial charge in [-0.05, 0) is 76.0 Å². The molecule has 13 fully saturated rings. The maximum Gasteiger partial charge on any atom is 0.318 e. The number of ketones is 2. The predicted octanol–water partition coefficient (Wildman–Crippen LogP) is -0.868. The molecular weight excluding hydrogens is 908 g/mol. The third-order valence-corrected chi connectivity index (χ3v) is 16.6. The van der Waals surface area contributed by atoms with E-state index in [0.29, 0.717) is 37.5 Å². The summed E-state index contributed by atoms with van der Waals surface area (Å²) in [5.74, 6) is -15.4. The lowest BCUT2D eigenvalue weighted by atomic mass is 9.59. The van der Waals surface area contributed by atoms with E-state index in [2.05, 4.69) is 23.7 Å². The summed E-state index contributed by atoms with van der Waals surface area (Å²) in [6.07, 6.45) is 5.10. The van der Waals surface area contributed by atoms with E-state index in [9.17, 15) is 76.7 Å². The molecule has 0 aromatic carbocycles. The van der Waals surface area contributed by atoms with Crippen molar-refractivity contribution < 1.29 is 110 Å². The lowest BCUT2D eigenvalue weighted by Gasteiger charge is -2.37. The average molecular weight is 949 g/mol. The first kappa shape index (κ1) is 45.1. The van der Waals surface area contributed by atoms with Gasteiger partial charge in [-0.25, -0.2) is 0 Å². The van der Waals surface area contributed by atoms with Crippen LogP contribution in [0.2, 0.25) is 0 Å². The average Bonchev–Trinajstić information content (AvgIpc) is 4.13. The summed E-state index contributed by atoms with van der Waals surface area (Å²) in [6, 6.07) is 0. The molecule has 0 bridgehead atoms. The van der Waals surface area contributed by atoms with Crippen LogP contribution in [-0.2, 0) is 110 Å². The van der Waals surface area contributed by atoms with Gasteiger partial charge >= 0.3 is 83.6 Å². The van der Waals surface area contributed by atoms with E-state index in [1.165, 1.54) is 0 Å². The van der Waals surface area contributed by atoms with Gasteiger partial charge in [0.05, 0.1) is 89.3 Å². The van der Waals surface area contributed by atoms with Gasteiger partial charge in [-0.15, -0.1) is 0 Å². The second-order valence-electron chi connectivity index (χ2n) is 19.8. The van der Waals surface area contributed by atoms with E-state index in [4.69, 9.17) is 9.47 Å². The van der Waals surface area contributed by atoms with Crippen molar-refractivity contribution in [2.24, 2.45) is 107 Å². The smallest absolute Gasteiger partial charge is 0.318 e. The Morgan fingerprint density at radius 2 is 0.426 bits per heavy atom. The van der Waals surface area contributed by atoms with E-state index < -0.39 is 131 Å². The van der Waals surface area contributed by atoms with Crippen LogP contribution in [0.3, 0.4) is 0 Å². The minimum atomic E-state index is -0.661. The molecule has 13 aliphatic rings. The molecule has 13 rings (SSSR count). The number of ether oxygens (including phenoxy) is 7. The van der Waals surface area contributed by atoms with Crippen molar-refractivity contribution in [1.29, 1.82) is 0 Å². The number of carbonyl (C=O) groups is 16. The first-order chi connectivity index (χ1) is 32.3. The molecular formula is C45H40O23. The van der Waals surface area contributed by atoms with E-state index in [-0.39, 0.29) is 91.2 Å². The number of carbonyl (C=O) groups excluding carboxylic acids is 16. The van der Waals surface area contributed by atoms with E-state index in [1.807, 2.05) is 0 Å². The molecule has 7 aliphatic heterocycles. The van der Waals surface area contributed by atoms with Crippen LogP contribution in [0.5, 0.6) is 0 Å². The summed E-state index contributed by atoms with van der Waals surface area (Å²) in [5, 5.41) is 0. The van der Waals surface area contributed by atoms with Gasteiger partial charge in [0.2, 0.25) is 0 Å². The number of rotatable bonds is 1. The molecule has 0 N–H and O–H groups in total. The largest absolute Gasteiger partial charge is 0.393 e. The topological polar surface area (TPSA) is 338 Å². The lowest BCUT2D eigenvalue weighted by Crippen LogP contribution is -2.50. The van der Waals surface area contributed by atoms with Gasteiger partial charge in [0.15, 0.2) is 0 Å². The van der Waals surface area contributed by atoms with Crippen molar-refractivity contribution in [2.75, 3.05) is 0 Å². The molecule has 18 atom stereocenters. The van der Waals surface area contributed by atoms with Crippen LogP contribution in [-0.4, -0.2) is 95.1 Å². The van der Waals surface area contributed by atoms with Gasteiger partial charge in [-0.1, -0.05) is 0 Å². The van der Waals surface area contributed by atoms with Crippen LogP contribution < -0.4 is 0 Å². The zero-order valence-electron chi connectivity index (χ0n) is 35.6. The standard InChI is InChI=1S/C16H18O6.2C10H8O6.C9H6O5/c17-13-9-3-1-7(5-11(9)15(19)21-13)8-2-4-10-12(6-8)16(20)22-14(10)18;2*11-7-3-1-4-6(10(14)16-8(4)12)2-5(3)9(13)15-7;10-2-1-3(11)5-4(2)6-7(5)9(13)14-8(6)12/h7-12H,1-6H2;2*3-6H,1-2H2;4-7H,1H2/t;3-,4+,5-,6+;3-,4-,5+,6+;. The minimum absolute atomic E-state index is 0.122. The molecule has 23 nitrogen and oxygen atoms in total. The summed E-state index contributed by atoms with van der Waals surface area (Å²) >= 11 is 0. The van der Waals surface area contributed by atoms with Gasteiger partial charge in [0.1, 0.15) is 11.6 Å². The summed E-state index contributed by atoms with van der Waals surface area (Å²) in [6.45, 7) is 0. The van der Waals surface area contributed by atoms with Crippen LogP contribution in [0.1, 0.15) is 70.6 Å². The Morgan fingerprint density at radius 1 is 0.221 bits per heavy atom. The molecule has 0 aromatic heterocycles. The number of cyclic esters (lactones) is 14. The molecule has 23 heteroatoms. The summed E-state index contributed by atoms with van der Waals surface area (Å²) in [7, 11) is 0. The van der Waals surface area contributed by atoms with Crippen molar-refractivity contribution in [2.45, 2.75) is 70.6 Å². The Bertz CT molecular complexity index is 2120. The molecule has 7 saturated heterocycles. The highest BCUT2D eigenvalue weighted by atomic mass is 16.6. The summed E-state index contributed by atoms with van der Waals surface area (Å²) < 4.78 is 31.9. The summed E-state index contributed by atoms with van der Waals surface area (Å²) in [4.78, 5) is 182. The molecule has 7 heterocycles. The highest BCUT2D eigenvalue weighted by Gasteiger charge is 2.70. The monoisotopic (exact) mass is 948 g/mol. The maximum absolute atomic E-state index is 11.8. The first-order valence-corrected chi connectivity index (χ1v) is 22.6. The number of fused-ring (bicyclic) bond motifs is 10. The SMILES string of the molecule is O=C1CC(=O)C2C1C1C(=O)OC(=O)C21.O=C1OC(=O)C2CC(C3CCC4C(=O)OC(=O)C4C3)CCC12.O=C1OC(=O)[C@@H]2C[C@H]3C(=O)OC(=O)[C@H]3C[C@H]12.O=C1OC(=O)[C@H]2C[C@H]3C(=O)OC(=O)[C@@H]3C[C@H]12. The first-order valence-electron chi connectivity index (χ1n) is 22.6. The number of Topliss-reactive ketones (excluding diaryl/α,β-unsaturated/α-hetero) is 2. The second kappa shape index (κ2) is 16.5. The van der Waals surface area contributed by atoms with Crippen molar-refractivity contribution in [3.63, 3.8) is 0 Å². The molecule has 0 spiro atoms. The predicted molar refractivity (Wildman–Crippen MR) is 201 cm³/mol. The van der Waals surface area contributed by atoms with E-state index in [0.717, 1.165) is 12.8 Å². The normalized spacial score (nSPS) is 43.1. The Balaban J connectivity index is 0.000000107. The quantitative estimate of drug-likeness (QED) is 0.175. The van der Waals surface area contributed by atoms with Crippen molar-refractivity contribution in [1.82, 2.24) is 0 Å². The van der Waals surface area contributed by atoms with Crippen molar-refractivity contribution in [3.8, 4) is 0 Å². The number of hydrogen-bond donors (Lipinski definition) is 0. The molecule has 10 unspecified atom stereocenters. The zero-order chi connectivity index (χ0) is 48.4. The van der Waals surface area contributed by atoms with Gasteiger partial charge in [-0.2, -0.15) is 0 Å². The minimum Gasteiger partial charge on any atom is -0.393 e. The fourth-order valence-electron chi connectivity index (χ4n) is 13.1. The Labute approximate surface area is 381 Å². The maximum atomic E-state index is 11.8. The Morgan fingerprint density at radius 3 is 0.676 bits per heavy atom. The van der Waals surface area contributed by atoms with E-state index >= 15 is 0 Å². The fraction of sp³-hybridized carbons (Fsp3) is 0.644. The van der Waals surface area contributed by atoms with Gasteiger partial charge in [0, 0.05) is 11.8 Å². The van der Waals surface area contributed by atoms with Crippen molar-refractivity contribution >= 4 is 95.1 Å². The van der Waals surface area contributed by atoms with Crippen LogP contribution in [0, 0.1) is 107 Å². The zero-order valence-corrected chi connectivity index (χ0v) is 35.6. The summed E-state index contributed by atoms with van der Waals surface area (Å²) in [5.41, 5.74) is 0. The van der Waals surface area contributed by atoms with E-state index in [1.54, 1.807) is 0 Å². The molecule has 6 saturated carbocycles. The fourth-order valence-corrected chi connectivity index (χ4v) is 13.1. The van der Waals surface area contributed by atoms with Crippen LogP contribution in [0.15, 0.2) is 0 Å². The third-order valence-electron chi connectivity index (χ3n) is 16.6. The highest BCUT2D eigenvalue weighted by Crippen LogP contribution is 2.56. The van der Waals surface area contributed by atoms with Gasteiger partial charge in [-0.3, -0.25) is 76.7 Å². The molecule has 0 aromatic rings. The molecule has 0 amide bonds. The molecule has 358 valence electrons. The van der Waals surface area contributed by atoms with Crippen LogP contribution in [0.25, 0.3) is 0 Å². The highest BCUT2D eigenvalue weighted by molar-refractivity contribution is 6.17. The van der Waals surface area contributed by atoms with Crippen molar-refractivity contribution in [3.05, 3.63) is 0 Å². The van der Waals surface area contributed by atoms with Gasteiger partial charge < -0.3 is 33.2 Å². The number of esters is 14. The Kier molecular flexibility index (Phi) is 11.0.